The summed E-state index contributed by atoms with van der Waals surface area (Å²) in [5.74, 6) is 0.518. The molecule has 1 aliphatic heterocycles. The number of carbonyl (C=O) groups is 2. The summed E-state index contributed by atoms with van der Waals surface area (Å²) in [6, 6.07) is -0.733. The average Bonchev–Trinajstić information content (AvgIpc) is 2.57. The molecule has 4 atom stereocenters. The fraction of sp³-hybridized carbons (Fsp3) is 0.714. The Kier molecular flexibility index (Phi) is 5.31. The minimum atomic E-state index is -2.50. The van der Waals surface area contributed by atoms with Gasteiger partial charge in [0.25, 0.3) is 6.27 Å². The van der Waals surface area contributed by atoms with Gasteiger partial charge in [-0.05, 0) is 11.6 Å². The number of esters is 2. The lowest BCUT2D eigenvalue weighted by Gasteiger charge is -2.30. The number of nitrogens with zero attached hydrogens (tertiary/aromatic N) is 3. The summed E-state index contributed by atoms with van der Waals surface area (Å²) in [6.45, 7) is 8.30. The second-order valence-corrected chi connectivity index (χ2v) is 12.0. The van der Waals surface area contributed by atoms with Crippen LogP contribution < -0.4 is 0 Å². The van der Waals surface area contributed by atoms with Crippen molar-refractivity contribution >= 4 is 20.0 Å². The summed E-state index contributed by atoms with van der Waals surface area (Å²) < 4.78 is 24.1. The molecule has 1 fully saturated rings. The second-order valence-electron chi connectivity index (χ2n) is 6.43. The second kappa shape index (κ2) is 7.04. The first kappa shape index (κ1) is 17.3. The van der Waals surface area contributed by atoms with E-state index in [4.69, 9.17) is 27.5 Å². The quantitative estimate of drug-likeness (QED) is 0.190. The zero-order valence-electron chi connectivity index (χ0n) is 14.8. The molecule has 1 unspecified atom stereocenters. The van der Waals surface area contributed by atoms with Crippen LogP contribution in [0.15, 0.2) is 5.11 Å². The van der Waals surface area contributed by atoms with Gasteiger partial charge in [-0.15, -0.1) is 6.42 Å². The monoisotopic (exact) mass is 340 g/mol. The third-order valence-electron chi connectivity index (χ3n) is 3.08. The van der Waals surface area contributed by atoms with Crippen molar-refractivity contribution < 1.29 is 25.2 Å². The van der Waals surface area contributed by atoms with Crippen molar-refractivity contribution in [1.29, 1.82) is 0 Å². The highest BCUT2D eigenvalue weighted by atomic mass is 28.3. The highest BCUT2D eigenvalue weighted by Gasteiger charge is 2.61. The maximum absolute atomic E-state index is 11.6. The zero-order chi connectivity index (χ0) is 18.8. The van der Waals surface area contributed by atoms with Gasteiger partial charge >= 0.3 is 11.9 Å². The molecule has 0 amide bonds. The molecule has 1 rings (SSSR count). The highest BCUT2D eigenvalue weighted by Crippen LogP contribution is 2.40. The van der Waals surface area contributed by atoms with Gasteiger partial charge in [-0.1, -0.05) is 30.7 Å². The fourth-order valence-electron chi connectivity index (χ4n) is 2.37. The third-order valence-corrected chi connectivity index (χ3v) is 4.70. The Labute approximate surface area is 137 Å². The molecule has 0 N–H and O–H groups in total. The summed E-state index contributed by atoms with van der Waals surface area (Å²) in [4.78, 5) is 25.7. The standard InChI is InChI=1S/C14H21N3O5Si/c1-7-14(22-10(3)19)12(16-17-15)11(8-23(4,5)6)21-13(14)20-9(2)18/h1,11-13H,8H2,2-6H3/t11-,12-,13?,14-/m1/s1/i13D. The third kappa shape index (κ3) is 4.48. The van der Waals surface area contributed by atoms with Gasteiger partial charge in [0.15, 0.2) is 0 Å². The van der Waals surface area contributed by atoms with Crippen molar-refractivity contribution in [2.24, 2.45) is 5.11 Å². The molecule has 0 bridgehead atoms. The number of ether oxygens (including phenoxy) is 3. The smallest absolute Gasteiger partial charge is 0.305 e. The van der Waals surface area contributed by atoms with Gasteiger partial charge < -0.3 is 14.2 Å². The average molecular weight is 340 g/mol. The van der Waals surface area contributed by atoms with Crippen LogP contribution in [0.1, 0.15) is 15.2 Å². The summed E-state index contributed by atoms with van der Waals surface area (Å²) in [7, 11) is -1.75. The van der Waals surface area contributed by atoms with Crippen LogP contribution in [0, 0.1) is 12.3 Å². The molecule has 1 saturated heterocycles. The minimum absolute atomic E-state index is 0.462. The van der Waals surface area contributed by atoms with E-state index in [9.17, 15) is 9.59 Å². The lowest BCUT2D eigenvalue weighted by molar-refractivity contribution is -0.205. The lowest BCUT2D eigenvalue weighted by Crippen LogP contribution is -2.51. The molecular formula is C14H21N3O5Si. The van der Waals surface area contributed by atoms with Crippen molar-refractivity contribution in [3.8, 4) is 12.3 Å². The van der Waals surface area contributed by atoms with Gasteiger partial charge in [-0.2, -0.15) is 0 Å². The Hall–Kier alpha value is -2.01. The van der Waals surface area contributed by atoms with E-state index in [1.807, 2.05) is 19.6 Å². The maximum atomic E-state index is 11.6. The Morgan fingerprint density at radius 3 is 2.48 bits per heavy atom. The maximum Gasteiger partial charge on any atom is 0.305 e. The first-order chi connectivity index (χ1) is 10.9. The Bertz CT molecular complexity index is 625. The molecule has 0 aromatic heterocycles. The Morgan fingerprint density at radius 2 is 2.09 bits per heavy atom. The largest absolute Gasteiger partial charge is 0.439 e. The van der Waals surface area contributed by atoms with Gasteiger partial charge in [-0.25, -0.2) is 0 Å². The number of rotatable bonds is 5. The summed E-state index contributed by atoms with van der Waals surface area (Å²) >= 11 is 0. The lowest BCUT2D eigenvalue weighted by atomic mass is 9.94. The van der Waals surface area contributed by atoms with Gasteiger partial charge in [-0.3, -0.25) is 9.59 Å². The van der Waals surface area contributed by atoms with Crippen LogP contribution in [0.2, 0.25) is 25.7 Å². The van der Waals surface area contributed by atoms with Gasteiger partial charge in [0.2, 0.25) is 5.60 Å². The van der Waals surface area contributed by atoms with Crippen molar-refractivity contribution in [3.63, 3.8) is 0 Å². The van der Waals surface area contributed by atoms with Crippen molar-refractivity contribution in [3.05, 3.63) is 10.4 Å². The van der Waals surface area contributed by atoms with E-state index in [0.29, 0.717) is 6.04 Å². The molecule has 0 aromatic rings. The summed E-state index contributed by atoms with van der Waals surface area (Å²) in [5, 5.41) is 3.62. The molecule has 0 aliphatic carbocycles. The van der Waals surface area contributed by atoms with E-state index in [-0.39, 0.29) is 0 Å². The molecule has 0 radical (unpaired) electrons. The van der Waals surface area contributed by atoms with Crippen LogP contribution >= 0.6 is 0 Å². The SMILES string of the molecule is [2H]C1(OC(C)=O)O[C@H](C[Si](C)(C)C)[C@@H](N=[N+]=[N-])[C@@]1(C#C)OC(C)=O. The number of azide groups is 1. The van der Waals surface area contributed by atoms with Gasteiger partial charge in [0.1, 0.15) is 7.41 Å². The summed E-state index contributed by atoms with van der Waals surface area (Å²) in [6.07, 6.45) is 2.21. The van der Waals surface area contributed by atoms with Crippen LogP contribution in [0.5, 0.6) is 0 Å². The molecule has 0 spiro atoms. The van der Waals surface area contributed by atoms with Crippen LogP contribution in [0.4, 0.5) is 0 Å². The highest BCUT2D eigenvalue weighted by molar-refractivity contribution is 6.76. The van der Waals surface area contributed by atoms with E-state index in [0.717, 1.165) is 13.8 Å². The molecule has 1 aliphatic rings. The topological polar surface area (TPSA) is 111 Å². The molecule has 23 heavy (non-hydrogen) atoms. The minimum Gasteiger partial charge on any atom is -0.439 e. The van der Waals surface area contributed by atoms with E-state index < -0.39 is 44.0 Å². The van der Waals surface area contributed by atoms with E-state index in [2.05, 4.69) is 15.9 Å². The van der Waals surface area contributed by atoms with E-state index in [1.54, 1.807) is 0 Å². The van der Waals surface area contributed by atoms with Crippen molar-refractivity contribution in [2.45, 2.75) is 63.5 Å². The first-order valence-corrected chi connectivity index (χ1v) is 10.7. The van der Waals surface area contributed by atoms with Crippen LogP contribution in [-0.4, -0.2) is 44.0 Å². The van der Waals surface area contributed by atoms with Gasteiger partial charge in [0.05, 0.1) is 6.10 Å². The molecule has 1 heterocycles. The molecule has 0 saturated carbocycles. The van der Waals surface area contributed by atoms with Crippen LogP contribution in [0.3, 0.4) is 0 Å². The number of hydrogen-bond donors (Lipinski definition) is 0. The molecule has 8 nitrogen and oxygen atoms in total. The Morgan fingerprint density at radius 1 is 1.48 bits per heavy atom. The summed E-state index contributed by atoms with van der Waals surface area (Å²) in [5.41, 5.74) is 6.73. The van der Waals surface area contributed by atoms with Crippen LogP contribution in [0.25, 0.3) is 10.4 Å². The van der Waals surface area contributed by atoms with E-state index in [1.165, 1.54) is 0 Å². The van der Waals surface area contributed by atoms with Crippen molar-refractivity contribution in [1.82, 2.24) is 0 Å². The predicted molar refractivity (Wildman–Crippen MR) is 84.8 cm³/mol. The number of carbonyl (C=O) groups excluding carboxylic acids is 2. The first-order valence-electron chi connectivity index (χ1n) is 7.50. The number of hydrogen-bond acceptors (Lipinski definition) is 6. The molecule has 0 aromatic carbocycles. The predicted octanol–water partition coefficient (Wildman–Crippen LogP) is 2.23. The normalized spacial score (nSPS) is 33.8. The zero-order valence-corrected chi connectivity index (χ0v) is 14.8. The van der Waals surface area contributed by atoms with Crippen LogP contribution in [-0.2, 0) is 23.8 Å². The molecule has 9 heteroatoms. The van der Waals surface area contributed by atoms with Crippen molar-refractivity contribution in [2.75, 3.05) is 0 Å². The molecule has 126 valence electrons. The van der Waals surface area contributed by atoms with Gasteiger partial charge in [0, 0.05) is 26.8 Å². The number of terminal acetylenes is 1. The van der Waals surface area contributed by atoms with E-state index >= 15 is 0 Å². The fourth-order valence-corrected chi connectivity index (χ4v) is 3.89. The molecular weight excluding hydrogens is 318 g/mol. The Balaban J connectivity index is 3.52.